The highest BCUT2D eigenvalue weighted by atomic mass is 15.3. The topological polar surface area (TPSA) is 103 Å². The molecular weight excluding hydrogens is 228 g/mol. The SMILES string of the molecule is CNc1nn(-c2ccc(C#N)cc2)c(N)c1C#N. The highest BCUT2D eigenvalue weighted by Gasteiger charge is 2.15. The van der Waals surface area contributed by atoms with E-state index in [0.29, 0.717) is 22.6 Å². The van der Waals surface area contributed by atoms with Gasteiger partial charge in [-0.25, -0.2) is 4.68 Å². The Balaban J connectivity index is 2.55. The molecule has 3 N–H and O–H groups in total. The molecule has 88 valence electrons. The lowest BCUT2D eigenvalue weighted by Gasteiger charge is -2.03. The van der Waals surface area contributed by atoms with Crippen LogP contribution in [0.4, 0.5) is 11.6 Å². The molecule has 0 saturated heterocycles. The zero-order chi connectivity index (χ0) is 13.1. The van der Waals surface area contributed by atoms with Gasteiger partial charge in [-0.05, 0) is 24.3 Å². The van der Waals surface area contributed by atoms with E-state index in [1.165, 1.54) is 4.68 Å². The molecule has 6 heteroatoms. The zero-order valence-corrected chi connectivity index (χ0v) is 9.68. The van der Waals surface area contributed by atoms with Crippen molar-refractivity contribution < 1.29 is 0 Å². The van der Waals surface area contributed by atoms with Gasteiger partial charge in [-0.3, -0.25) is 0 Å². The van der Waals surface area contributed by atoms with E-state index in [-0.39, 0.29) is 5.82 Å². The third-order valence-corrected chi connectivity index (χ3v) is 2.51. The van der Waals surface area contributed by atoms with Gasteiger partial charge in [0.2, 0.25) is 0 Å². The van der Waals surface area contributed by atoms with Crippen LogP contribution in [0.25, 0.3) is 5.69 Å². The average molecular weight is 238 g/mol. The van der Waals surface area contributed by atoms with Crippen LogP contribution in [0, 0.1) is 22.7 Å². The molecule has 0 unspecified atom stereocenters. The second-order valence-corrected chi connectivity index (χ2v) is 3.54. The first-order valence-electron chi connectivity index (χ1n) is 5.18. The molecule has 1 heterocycles. The van der Waals surface area contributed by atoms with E-state index in [4.69, 9.17) is 16.3 Å². The van der Waals surface area contributed by atoms with E-state index in [2.05, 4.69) is 10.4 Å². The minimum atomic E-state index is 0.270. The van der Waals surface area contributed by atoms with Gasteiger partial charge >= 0.3 is 0 Å². The maximum absolute atomic E-state index is 9.01. The van der Waals surface area contributed by atoms with Crippen LogP contribution >= 0.6 is 0 Å². The second-order valence-electron chi connectivity index (χ2n) is 3.54. The number of nitriles is 2. The summed E-state index contributed by atoms with van der Waals surface area (Å²) in [6, 6.07) is 10.8. The fourth-order valence-corrected chi connectivity index (χ4v) is 1.59. The van der Waals surface area contributed by atoms with Crippen molar-refractivity contribution in [1.82, 2.24) is 9.78 Å². The summed E-state index contributed by atoms with van der Waals surface area (Å²) in [6.45, 7) is 0. The molecule has 0 amide bonds. The molecule has 18 heavy (non-hydrogen) atoms. The van der Waals surface area contributed by atoms with Crippen LogP contribution in [0.5, 0.6) is 0 Å². The van der Waals surface area contributed by atoms with Crippen molar-refractivity contribution in [2.75, 3.05) is 18.1 Å². The molecule has 0 aliphatic carbocycles. The minimum Gasteiger partial charge on any atom is -0.382 e. The van der Waals surface area contributed by atoms with Gasteiger partial charge in [-0.1, -0.05) is 0 Å². The number of hydrogen-bond donors (Lipinski definition) is 2. The Morgan fingerprint density at radius 2 is 1.89 bits per heavy atom. The first-order valence-corrected chi connectivity index (χ1v) is 5.18. The number of nitrogens with one attached hydrogen (secondary N) is 1. The van der Waals surface area contributed by atoms with Crippen LogP contribution in [0.15, 0.2) is 24.3 Å². The number of aromatic nitrogens is 2. The normalized spacial score (nSPS) is 9.50. The minimum absolute atomic E-state index is 0.270. The van der Waals surface area contributed by atoms with Gasteiger partial charge in [0.05, 0.1) is 17.3 Å². The van der Waals surface area contributed by atoms with E-state index in [0.717, 1.165) is 0 Å². The molecule has 0 fully saturated rings. The molecule has 0 aliphatic rings. The highest BCUT2D eigenvalue weighted by molar-refractivity contribution is 5.65. The Hall–Kier alpha value is -2.99. The summed E-state index contributed by atoms with van der Waals surface area (Å²) in [5.74, 6) is 0.700. The lowest BCUT2D eigenvalue weighted by molar-refractivity contribution is 0.893. The molecule has 0 bridgehead atoms. The van der Waals surface area contributed by atoms with Crippen molar-refractivity contribution in [2.24, 2.45) is 0 Å². The lowest BCUT2D eigenvalue weighted by Crippen LogP contribution is -2.02. The fraction of sp³-hybridized carbons (Fsp3) is 0.0833. The van der Waals surface area contributed by atoms with Crippen molar-refractivity contribution in [3.8, 4) is 17.8 Å². The number of anilines is 2. The van der Waals surface area contributed by atoms with Gasteiger partial charge in [0, 0.05) is 7.05 Å². The zero-order valence-electron chi connectivity index (χ0n) is 9.68. The third-order valence-electron chi connectivity index (χ3n) is 2.51. The number of benzene rings is 1. The number of nitrogens with zero attached hydrogens (tertiary/aromatic N) is 4. The molecule has 0 spiro atoms. The van der Waals surface area contributed by atoms with E-state index in [1.807, 2.05) is 12.1 Å². The summed E-state index contributed by atoms with van der Waals surface area (Å²) >= 11 is 0. The molecule has 6 nitrogen and oxygen atoms in total. The molecule has 0 saturated carbocycles. The Kier molecular flexibility index (Phi) is 2.86. The van der Waals surface area contributed by atoms with E-state index in [1.54, 1.807) is 31.3 Å². The van der Waals surface area contributed by atoms with Crippen molar-refractivity contribution in [3.05, 3.63) is 35.4 Å². The van der Waals surface area contributed by atoms with Gasteiger partial charge in [0.15, 0.2) is 5.82 Å². The molecule has 0 aliphatic heterocycles. The van der Waals surface area contributed by atoms with Crippen molar-refractivity contribution >= 4 is 11.6 Å². The number of nitrogens with two attached hydrogens (primary N) is 1. The standard InChI is InChI=1S/C12H10N6/c1-16-12-10(7-14)11(15)18(17-12)9-4-2-8(6-13)3-5-9/h2-5H,15H2,1H3,(H,16,17). The molecule has 2 rings (SSSR count). The molecule has 0 atom stereocenters. The van der Waals surface area contributed by atoms with Gasteiger partial charge in [-0.2, -0.15) is 10.5 Å². The summed E-state index contributed by atoms with van der Waals surface area (Å²) in [5, 5.41) is 24.7. The highest BCUT2D eigenvalue weighted by Crippen LogP contribution is 2.23. The van der Waals surface area contributed by atoms with Gasteiger partial charge in [0.25, 0.3) is 0 Å². The van der Waals surface area contributed by atoms with E-state index in [9.17, 15) is 0 Å². The summed E-state index contributed by atoms with van der Waals surface area (Å²) in [6.07, 6.45) is 0. The van der Waals surface area contributed by atoms with E-state index < -0.39 is 0 Å². The van der Waals surface area contributed by atoms with E-state index >= 15 is 0 Å². The summed E-state index contributed by atoms with van der Waals surface area (Å²) < 4.78 is 1.46. The first kappa shape index (κ1) is 11.5. The van der Waals surface area contributed by atoms with Crippen LogP contribution < -0.4 is 11.1 Å². The average Bonchev–Trinajstić information content (AvgIpc) is 2.75. The fourth-order valence-electron chi connectivity index (χ4n) is 1.59. The Labute approximate surface area is 104 Å². The van der Waals surface area contributed by atoms with Gasteiger partial charge in [-0.15, -0.1) is 5.10 Å². The first-order chi connectivity index (χ1) is 8.71. The summed E-state index contributed by atoms with van der Waals surface area (Å²) in [4.78, 5) is 0. The Bertz CT molecular complexity index is 654. The summed E-state index contributed by atoms with van der Waals surface area (Å²) in [5.41, 5.74) is 7.43. The number of hydrogen-bond acceptors (Lipinski definition) is 5. The van der Waals surface area contributed by atoms with Crippen LogP contribution in [0.1, 0.15) is 11.1 Å². The van der Waals surface area contributed by atoms with Crippen molar-refractivity contribution in [3.63, 3.8) is 0 Å². The molecule has 2 aromatic rings. The monoisotopic (exact) mass is 238 g/mol. The van der Waals surface area contributed by atoms with Crippen molar-refractivity contribution in [1.29, 1.82) is 10.5 Å². The lowest BCUT2D eigenvalue weighted by atomic mass is 10.2. The predicted molar refractivity (Wildman–Crippen MR) is 67.0 cm³/mol. The summed E-state index contributed by atoms with van der Waals surface area (Å²) in [7, 11) is 1.67. The maximum atomic E-state index is 9.01. The van der Waals surface area contributed by atoms with Crippen molar-refractivity contribution in [2.45, 2.75) is 0 Å². The van der Waals surface area contributed by atoms with Crippen LogP contribution in [0.2, 0.25) is 0 Å². The largest absolute Gasteiger partial charge is 0.382 e. The molecule has 1 aromatic heterocycles. The quantitative estimate of drug-likeness (QED) is 0.819. The predicted octanol–water partition coefficient (Wildman–Crippen LogP) is 1.24. The Morgan fingerprint density at radius 3 is 2.33 bits per heavy atom. The Morgan fingerprint density at radius 1 is 1.22 bits per heavy atom. The molecular formula is C12H10N6. The second kappa shape index (κ2) is 4.48. The van der Waals surface area contributed by atoms with Crippen LogP contribution in [-0.4, -0.2) is 16.8 Å². The van der Waals surface area contributed by atoms with Crippen LogP contribution in [-0.2, 0) is 0 Å². The van der Waals surface area contributed by atoms with Gasteiger partial charge < -0.3 is 11.1 Å². The number of rotatable bonds is 2. The maximum Gasteiger partial charge on any atom is 0.168 e. The third kappa shape index (κ3) is 1.72. The molecule has 0 radical (unpaired) electrons. The molecule has 1 aromatic carbocycles. The van der Waals surface area contributed by atoms with Gasteiger partial charge in [0.1, 0.15) is 17.5 Å². The van der Waals surface area contributed by atoms with Crippen LogP contribution in [0.3, 0.4) is 0 Å². The number of nitrogen functional groups attached to an aromatic ring is 1. The smallest absolute Gasteiger partial charge is 0.168 e.